The van der Waals surface area contributed by atoms with E-state index in [1.165, 1.54) is 0 Å². The smallest absolute Gasteiger partial charge is 0.272 e. The van der Waals surface area contributed by atoms with Crippen molar-refractivity contribution in [1.29, 1.82) is 0 Å². The maximum atomic E-state index is 11.8. The van der Waals surface area contributed by atoms with Crippen LogP contribution in [-0.2, 0) is 7.05 Å². The maximum Gasteiger partial charge on any atom is 0.272 e. The summed E-state index contributed by atoms with van der Waals surface area (Å²) < 4.78 is 2.51. The van der Waals surface area contributed by atoms with E-state index in [1.54, 1.807) is 29.0 Å². The highest BCUT2D eigenvalue weighted by molar-refractivity contribution is 9.10. The van der Waals surface area contributed by atoms with Crippen molar-refractivity contribution in [2.75, 3.05) is 5.32 Å². The van der Waals surface area contributed by atoms with Gasteiger partial charge in [0, 0.05) is 13.2 Å². The fraction of sp³-hybridized carbons (Fsp3) is 0.0909. The lowest BCUT2D eigenvalue weighted by molar-refractivity contribution is 0.101. The number of rotatable bonds is 2. The van der Waals surface area contributed by atoms with Crippen LogP contribution >= 0.6 is 15.9 Å². The first-order valence-corrected chi connectivity index (χ1v) is 5.50. The highest BCUT2D eigenvalue weighted by Gasteiger charge is 2.08. The van der Waals surface area contributed by atoms with E-state index >= 15 is 0 Å². The van der Waals surface area contributed by atoms with Crippen molar-refractivity contribution in [1.82, 2.24) is 9.55 Å². The molecule has 0 saturated heterocycles. The second-order valence-corrected chi connectivity index (χ2v) is 4.14. The Bertz CT molecular complexity index is 504. The van der Waals surface area contributed by atoms with Crippen LogP contribution in [-0.4, -0.2) is 15.5 Å². The third-order valence-corrected chi connectivity index (χ3v) is 2.63. The van der Waals surface area contributed by atoms with Crippen molar-refractivity contribution in [3.05, 3.63) is 47.0 Å². The highest BCUT2D eigenvalue weighted by atomic mass is 79.9. The second-order valence-electron chi connectivity index (χ2n) is 3.33. The van der Waals surface area contributed by atoms with Crippen molar-refractivity contribution in [3.8, 4) is 0 Å². The van der Waals surface area contributed by atoms with Crippen LogP contribution in [0.4, 0.5) is 5.69 Å². The van der Waals surface area contributed by atoms with Gasteiger partial charge in [-0.15, -0.1) is 0 Å². The summed E-state index contributed by atoms with van der Waals surface area (Å²) in [7, 11) is 1.83. The molecule has 1 amide bonds. The molecular weight excluding hydrogens is 270 g/mol. The Morgan fingerprint density at radius 3 is 2.81 bits per heavy atom. The monoisotopic (exact) mass is 279 g/mol. The molecule has 0 aromatic carbocycles. The van der Waals surface area contributed by atoms with Gasteiger partial charge < -0.3 is 9.88 Å². The standard InChI is InChI=1S/C11H10BrN3O/c1-15-6-2-3-9(15)11(16)14-8-4-5-10(12)13-7-8/h2-7H,1H3,(H,14,16). The summed E-state index contributed by atoms with van der Waals surface area (Å²) in [5.41, 5.74) is 1.29. The van der Waals surface area contributed by atoms with Gasteiger partial charge >= 0.3 is 0 Å². The summed E-state index contributed by atoms with van der Waals surface area (Å²) in [6, 6.07) is 7.16. The van der Waals surface area contributed by atoms with E-state index in [0.29, 0.717) is 11.4 Å². The average molecular weight is 280 g/mol. The van der Waals surface area contributed by atoms with Crippen molar-refractivity contribution in [3.63, 3.8) is 0 Å². The number of anilines is 1. The Hall–Kier alpha value is -1.62. The van der Waals surface area contributed by atoms with E-state index in [4.69, 9.17) is 0 Å². The molecule has 0 bridgehead atoms. The number of nitrogens with zero attached hydrogens (tertiary/aromatic N) is 2. The number of amides is 1. The van der Waals surface area contributed by atoms with Crippen LogP contribution in [0, 0.1) is 0 Å². The average Bonchev–Trinajstić information content (AvgIpc) is 2.68. The molecule has 0 unspecified atom stereocenters. The number of pyridine rings is 1. The molecule has 2 rings (SSSR count). The molecule has 2 aromatic rings. The predicted molar refractivity (Wildman–Crippen MR) is 65.3 cm³/mol. The van der Waals surface area contributed by atoms with Crippen LogP contribution in [0.1, 0.15) is 10.5 Å². The molecule has 0 spiro atoms. The quantitative estimate of drug-likeness (QED) is 0.859. The first-order valence-electron chi connectivity index (χ1n) is 4.71. The van der Waals surface area contributed by atoms with Gasteiger partial charge in [-0.25, -0.2) is 4.98 Å². The Morgan fingerprint density at radius 2 is 2.25 bits per heavy atom. The first-order chi connectivity index (χ1) is 7.66. The lowest BCUT2D eigenvalue weighted by atomic mass is 10.3. The summed E-state index contributed by atoms with van der Waals surface area (Å²) in [5, 5.41) is 2.77. The van der Waals surface area contributed by atoms with Gasteiger partial charge in [0.2, 0.25) is 0 Å². The lowest BCUT2D eigenvalue weighted by Crippen LogP contribution is -2.15. The van der Waals surface area contributed by atoms with E-state index in [0.717, 1.165) is 4.60 Å². The Labute approximate surface area is 101 Å². The van der Waals surface area contributed by atoms with Crippen LogP contribution < -0.4 is 5.32 Å². The Kier molecular flexibility index (Phi) is 3.05. The molecule has 4 nitrogen and oxygen atoms in total. The Morgan fingerprint density at radius 1 is 1.44 bits per heavy atom. The molecule has 0 aliphatic carbocycles. The molecule has 0 radical (unpaired) electrons. The Balaban J connectivity index is 2.14. The number of carbonyl (C=O) groups is 1. The minimum absolute atomic E-state index is 0.142. The largest absolute Gasteiger partial charge is 0.347 e. The van der Waals surface area contributed by atoms with Crippen molar-refractivity contribution >= 4 is 27.5 Å². The fourth-order valence-electron chi connectivity index (χ4n) is 1.34. The highest BCUT2D eigenvalue weighted by Crippen LogP contribution is 2.11. The predicted octanol–water partition coefficient (Wildman–Crippen LogP) is 2.43. The summed E-state index contributed by atoms with van der Waals surface area (Å²) in [4.78, 5) is 15.8. The van der Waals surface area contributed by atoms with Crippen molar-refractivity contribution in [2.24, 2.45) is 7.05 Å². The van der Waals surface area contributed by atoms with Gasteiger partial charge in [0.05, 0.1) is 11.9 Å². The number of halogens is 1. The van der Waals surface area contributed by atoms with E-state index in [1.807, 2.05) is 19.3 Å². The van der Waals surface area contributed by atoms with E-state index < -0.39 is 0 Å². The van der Waals surface area contributed by atoms with Gasteiger partial charge in [-0.1, -0.05) is 0 Å². The van der Waals surface area contributed by atoms with Crippen LogP contribution in [0.3, 0.4) is 0 Å². The number of aryl methyl sites for hydroxylation is 1. The van der Waals surface area contributed by atoms with Crippen molar-refractivity contribution in [2.45, 2.75) is 0 Å². The third-order valence-electron chi connectivity index (χ3n) is 2.16. The van der Waals surface area contributed by atoms with Crippen LogP contribution in [0.25, 0.3) is 0 Å². The fourth-order valence-corrected chi connectivity index (χ4v) is 1.58. The zero-order valence-corrected chi connectivity index (χ0v) is 10.2. The normalized spacial score (nSPS) is 10.1. The zero-order chi connectivity index (χ0) is 11.5. The second kappa shape index (κ2) is 4.49. The number of carbonyl (C=O) groups excluding carboxylic acids is 1. The molecule has 0 aliphatic rings. The van der Waals surface area contributed by atoms with Crippen LogP contribution in [0.15, 0.2) is 41.3 Å². The van der Waals surface area contributed by atoms with Gasteiger partial charge in [-0.3, -0.25) is 4.79 Å². The number of hydrogen-bond acceptors (Lipinski definition) is 2. The van der Waals surface area contributed by atoms with Gasteiger partial charge in [0.15, 0.2) is 0 Å². The van der Waals surface area contributed by atoms with Crippen LogP contribution in [0.2, 0.25) is 0 Å². The topological polar surface area (TPSA) is 46.9 Å². The molecule has 16 heavy (non-hydrogen) atoms. The summed E-state index contributed by atoms with van der Waals surface area (Å²) >= 11 is 3.23. The molecule has 2 heterocycles. The molecule has 2 aromatic heterocycles. The zero-order valence-electron chi connectivity index (χ0n) is 8.64. The third kappa shape index (κ3) is 2.30. The SMILES string of the molecule is Cn1cccc1C(=O)Nc1ccc(Br)nc1. The molecule has 1 N–H and O–H groups in total. The molecule has 0 atom stereocenters. The minimum Gasteiger partial charge on any atom is -0.347 e. The molecule has 0 aliphatic heterocycles. The summed E-state index contributed by atoms with van der Waals surface area (Å²) in [6.45, 7) is 0. The molecular formula is C11H10BrN3O. The first kappa shape index (κ1) is 10.9. The van der Waals surface area contributed by atoms with Crippen LogP contribution in [0.5, 0.6) is 0 Å². The van der Waals surface area contributed by atoms with E-state index in [-0.39, 0.29) is 5.91 Å². The molecule has 0 saturated carbocycles. The lowest BCUT2D eigenvalue weighted by Gasteiger charge is -2.05. The van der Waals surface area contributed by atoms with E-state index in [9.17, 15) is 4.79 Å². The van der Waals surface area contributed by atoms with Gasteiger partial charge in [-0.05, 0) is 40.2 Å². The van der Waals surface area contributed by atoms with Gasteiger partial charge in [-0.2, -0.15) is 0 Å². The number of hydrogen-bond donors (Lipinski definition) is 1. The number of aromatic nitrogens is 2. The molecule has 0 fully saturated rings. The van der Waals surface area contributed by atoms with Crippen molar-refractivity contribution < 1.29 is 4.79 Å². The molecule has 5 heteroatoms. The summed E-state index contributed by atoms with van der Waals surface area (Å²) in [5.74, 6) is -0.142. The number of nitrogens with one attached hydrogen (secondary N) is 1. The maximum absolute atomic E-state index is 11.8. The minimum atomic E-state index is -0.142. The van der Waals surface area contributed by atoms with E-state index in [2.05, 4.69) is 26.2 Å². The van der Waals surface area contributed by atoms with Gasteiger partial charge in [0.1, 0.15) is 10.3 Å². The molecule has 82 valence electrons. The summed E-state index contributed by atoms with van der Waals surface area (Å²) in [6.07, 6.45) is 3.43. The van der Waals surface area contributed by atoms with Gasteiger partial charge in [0.25, 0.3) is 5.91 Å².